The van der Waals surface area contributed by atoms with E-state index in [0.717, 1.165) is 0 Å². The third-order valence-electron chi connectivity index (χ3n) is 1.93. The van der Waals surface area contributed by atoms with Crippen LogP contribution in [0.25, 0.3) is 11.2 Å². The molecule has 0 bridgehead atoms. The maximum absolute atomic E-state index is 5.42. The van der Waals surface area contributed by atoms with E-state index in [9.17, 15) is 0 Å². The van der Waals surface area contributed by atoms with Gasteiger partial charge in [-0.15, -0.1) is 0 Å². The van der Waals surface area contributed by atoms with Crippen molar-refractivity contribution in [3.8, 4) is 5.88 Å². The Morgan fingerprint density at radius 3 is 3.00 bits per heavy atom. The summed E-state index contributed by atoms with van der Waals surface area (Å²) in [5.74, 6) is 0.808. The molecule has 0 aromatic carbocycles. The normalized spacial score (nSPS) is 11.2. The standard InChI is InChI=1S/C10H14N6O/c1-4-17-9-7-8(12-5-11-7)14-10(15-9)13-6-16(2)3/h5-6H,4H2,1-3H3,(H,11,12,14,15)/b13-6+. The van der Waals surface area contributed by atoms with Crippen LogP contribution in [0.1, 0.15) is 6.92 Å². The molecule has 0 saturated carbocycles. The number of nitrogens with zero attached hydrogens (tertiary/aromatic N) is 5. The summed E-state index contributed by atoms with van der Waals surface area (Å²) in [6.07, 6.45) is 3.19. The fraction of sp³-hybridized carbons (Fsp3) is 0.400. The van der Waals surface area contributed by atoms with Gasteiger partial charge in [-0.25, -0.2) is 9.98 Å². The lowest BCUT2D eigenvalue weighted by Crippen LogP contribution is -2.07. The molecular formula is C10H14N6O. The van der Waals surface area contributed by atoms with E-state index >= 15 is 0 Å². The maximum Gasteiger partial charge on any atom is 0.256 e. The molecule has 0 aliphatic heterocycles. The fourth-order valence-corrected chi connectivity index (χ4v) is 1.26. The van der Waals surface area contributed by atoms with E-state index in [2.05, 4.69) is 24.9 Å². The molecular weight excluding hydrogens is 220 g/mol. The number of hydrogen-bond donors (Lipinski definition) is 1. The maximum atomic E-state index is 5.42. The number of aliphatic imine (C=N–C) groups is 1. The third kappa shape index (κ3) is 2.49. The minimum Gasteiger partial charge on any atom is -0.476 e. The molecule has 2 aromatic heterocycles. The highest BCUT2D eigenvalue weighted by atomic mass is 16.5. The average Bonchev–Trinajstić information content (AvgIpc) is 2.75. The Balaban J connectivity index is 2.43. The molecule has 0 spiro atoms. The molecule has 2 rings (SSSR count). The van der Waals surface area contributed by atoms with Crippen LogP contribution < -0.4 is 4.74 Å². The van der Waals surface area contributed by atoms with Crippen molar-refractivity contribution in [2.24, 2.45) is 4.99 Å². The van der Waals surface area contributed by atoms with Crippen LogP contribution >= 0.6 is 0 Å². The lowest BCUT2D eigenvalue weighted by atomic mass is 10.5. The number of hydrogen-bond acceptors (Lipinski definition) is 5. The summed E-state index contributed by atoms with van der Waals surface area (Å²) >= 11 is 0. The molecule has 7 heteroatoms. The van der Waals surface area contributed by atoms with Gasteiger partial charge in [0.05, 0.1) is 19.3 Å². The molecule has 0 atom stereocenters. The number of rotatable bonds is 4. The Labute approximate surface area is 98.6 Å². The van der Waals surface area contributed by atoms with Gasteiger partial charge in [-0.3, -0.25) is 0 Å². The summed E-state index contributed by atoms with van der Waals surface area (Å²) in [5, 5.41) is 0. The minimum absolute atomic E-state index is 0.335. The van der Waals surface area contributed by atoms with E-state index in [-0.39, 0.29) is 0 Å². The van der Waals surface area contributed by atoms with E-state index < -0.39 is 0 Å². The Bertz CT molecular complexity index is 533. The summed E-state index contributed by atoms with van der Waals surface area (Å²) in [4.78, 5) is 21.3. The number of ether oxygens (including phenoxy) is 1. The van der Waals surface area contributed by atoms with E-state index in [0.29, 0.717) is 29.6 Å². The second kappa shape index (κ2) is 4.77. The molecule has 0 radical (unpaired) electrons. The first-order chi connectivity index (χ1) is 8.20. The van der Waals surface area contributed by atoms with Crippen molar-refractivity contribution >= 4 is 23.5 Å². The number of imidazole rings is 1. The molecule has 1 N–H and O–H groups in total. The molecule has 0 saturated heterocycles. The second-order valence-corrected chi connectivity index (χ2v) is 3.57. The van der Waals surface area contributed by atoms with Crippen LogP contribution in [0.5, 0.6) is 5.88 Å². The van der Waals surface area contributed by atoms with Crippen molar-refractivity contribution in [1.82, 2.24) is 24.8 Å². The summed E-state index contributed by atoms with van der Waals surface area (Å²) < 4.78 is 5.42. The van der Waals surface area contributed by atoms with Crippen LogP contribution in [0.4, 0.5) is 5.95 Å². The predicted molar refractivity (Wildman–Crippen MR) is 64.7 cm³/mol. The molecule has 2 aromatic rings. The first-order valence-corrected chi connectivity index (χ1v) is 5.25. The van der Waals surface area contributed by atoms with Crippen LogP contribution in [-0.2, 0) is 0 Å². The quantitative estimate of drug-likeness (QED) is 0.630. The second-order valence-electron chi connectivity index (χ2n) is 3.57. The molecule has 2 heterocycles. The van der Waals surface area contributed by atoms with Crippen molar-refractivity contribution in [1.29, 1.82) is 0 Å². The lowest BCUT2D eigenvalue weighted by Gasteiger charge is -2.04. The zero-order chi connectivity index (χ0) is 12.3. The highest BCUT2D eigenvalue weighted by molar-refractivity contribution is 5.77. The topological polar surface area (TPSA) is 79.3 Å². The number of H-pyrrole nitrogens is 1. The zero-order valence-corrected chi connectivity index (χ0v) is 10.0. The first-order valence-electron chi connectivity index (χ1n) is 5.25. The van der Waals surface area contributed by atoms with Crippen molar-refractivity contribution in [2.45, 2.75) is 6.92 Å². The van der Waals surface area contributed by atoms with Gasteiger partial charge in [-0.05, 0) is 6.92 Å². The third-order valence-corrected chi connectivity index (χ3v) is 1.93. The lowest BCUT2D eigenvalue weighted by molar-refractivity contribution is 0.330. The Hall–Kier alpha value is -2.18. The van der Waals surface area contributed by atoms with Crippen LogP contribution in [0.2, 0.25) is 0 Å². The van der Waals surface area contributed by atoms with Gasteiger partial charge < -0.3 is 14.6 Å². The van der Waals surface area contributed by atoms with E-state index in [4.69, 9.17) is 4.74 Å². The van der Waals surface area contributed by atoms with Crippen molar-refractivity contribution in [3.63, 3.8) is 0 Å². The Morgan fingerprint density at radius 2 is 2.29 bits per heavy atom. The molecule has 7 nitrogen and oxygen atoms in total. The van der Waals surface area contributed by atoms with E-state index in [1.807, 2.05) is 21.0 Å². The smallest absolute Gasteiger partial charge is 0.256 e. The van der Waals surface area contributed by atoms with Crippen LogP contribution in [-0.4, -0.2) is 51.9 Å². The Kier molecular flexibility index (Phi) is 3.17. The molecule has 0 unspecified atom stereocenters. The molecule has 0 amide bonds. The van der Waals surface area contributed by atoms with Crippen LogP contribution in [0.3, 0.4) is 0 Å². The highest BCUT2D eigenvalue weighted by Gasteiger charge is 2.09. The fourth-order valence-electron chi connectivity index (χ4n) is 1.26. The van der Waals surface area contributed by atoms with Gasteiger partial charge in [-0.1, -0.05) is 0 Å². The van der Waals surface area contributed by atoms with Crippen LogP contribution in [0.15, 0.2) is 11.3 Å². The van der Waals surface area contributed by atoms with Gasteiger partial charge in [0.2, 0.25) is 5.88 Å². The van der Waals surface area contributed by atoms with Gasteiger partial charge in [-0.2, -0.15) is 9.97 Å². The predicted octanol–water partition coefficient (Wildman–Crippen LogP) is 0.973. The zero-order valence-electron chi connectivity index (χ0n) is 10.0. The monoisotopic (exact) mass is 234 g/mol. The Morgan fingerprint density at radius 1 is 1.47 bits per heavy atom. The number of aromatic nitrogens is 4. The SMILES string of the molecule is CCOc1nc(/N=C/N(C)C)nc2nc[nH]c12. The van der Waals surface area contributed by atoms with Gasteiger partial charge in [0.15, 0.2) is 5.65 Å². The van der Waals surface area contributed by atoms with Crippen molar-refractivity contribution < 1.29 is 4.74 Å². The first kappa shape index (κ1) is 11.3. The summed E-state index contributed by atoms with van der Waals surface area (Å²) in [6, 6.07) is 0. The number of nitrogens with one attached hydrogen (secondary N) is 1. The largest absolute Gasteiger partial charge is 0.476 e. The van der Waals surface area contributed by atoms with Gasteiger partial charge in [0, 0.05) is 14.1 Å². The molecule has 0 aliphatic rings. The minimum atomic E-state index is 0.335. The van der Waals surface area contributed by atoms with Gasteiger partial charge in [0.1, 0.15) is 5.52 Å². The number of aromatic amines is 1. The van der Waals surface area contributed by atoms with E-state index in [1.54, 1.807) is 17.6 Å². The van der Waals surface area contributed by atoms with Crippen molar-refractivity contribution in [2.75, 3.05) is 20.7 Å². The molecule has 17 heavy (non-hydrogen) atoms. The summed E-state index contributed by atoms with van der Waals surface area (Å²) in [7, 11) is 3.75. The highest BCUT2D eigenvalue weighted by Crippen LogP contribution is 2.21. The molecule has 90 valence electrons. The van der Waals surface area contributed by atoms with Crippen LogP contribution in [0, 0.1) is 0 Å². The average molecular weight is 234 g/mol. The number of fused-ring (bicyclic) bond motifs is 1. The van der Waals surface area contributed by atoms with Crippen molar-refractivity contribution in [3.05, 3.63) is 6.33 Å². The summed E-state index contributed by atoms with van der Waals surface area (Å²) in [5.41, 5.74) is 1.24. The van der Waals surface area contributed by atoms with E-state index in [1.165, 1.54) is 0 Å². The van der Waals surface area contributed by atoms with Gasteiger partial charge in [0.25, 0.3) is 5.95 Å². The molecule has 0 fully saturated rings. The summed E-state index contributed by atoms with van der Waals surface area (Å²) in [6.45, 7) is 2.43. The van der Waals surface area contributed by atoms with Gasteiger partial charge >= 0.3 is 0 Å². The molecule has 0 aliphatic carbocycles.